The fourth-order valence-electron chi connectivity index (χ4n) is 1.44. The van der Waals surface area contributed by atoms with Crippen LogP contribution in [0, 0.1) is 35.5 Å². The highest BCUT2D eigenvalue weighted by molar-refractivity contribution is 4.41. The fraction of sp³-hybridized carbons (Fsp3) is 1.00. The molecule has 0 amide bonds. The van der Waals surface area contributed by atoms with E-state index >= 15 is 0 Å². The van der Waals surface area contributed by atoms with E-state index in [1.54, 1.807) is 0 Å². The lowest BCUT2D eigenvalue weighted by atomic mass is 10.1. The van der Waals surface area contributed by atoms with Gasteiger partial charge in [-0.1, -0.05) is 176 Å². The second kappa shape index (κ2) is 41.3. The van der Waals surface area contributed by atoms with Crippen LogP contribution >= 0.6 is 0 Å². The summed E-state index contributed by atoms with van der Waals surface area (Å²) in [7, 11) is 0. The highest BCUT2D eigenvalue weighted by atomic mass is 13.9. The molecule has 0 atom stereocenters. The third kappa shape index (κ3) is 129. The summed E-state index contributed by atoms with van der Waals surface area (Å²) in [5.41, 5.74) is 0. The van der Waals surface area contributed by atoms with Gasteiger partial charge in [0.2, 0.25) is 0 Å². The van der Waals surface area contributed by atoms with E-state index in [2.05, 4.69) is 125 Å². The van der Waals surface area contributed by atoms with Gasteiger partial charge in [-0.2, -0.15) is 0 Å². The van der Waals surface area contributed by atoms with E-state index in [-0.39, 0.29) is 0 Å². The Kier molecular flexibility index (Phi) is 58.7. The second-order valence-corrected chi connectivity index (χ2v) is 11.6. The number of hydrogen-bond acceptors (Lipinski definition) is 0. The standard InChI is InChI=1S/3C6H14.2C5H12.C4H10/c2*1-4-5-6(2)3;1-4-6(3)5-2;2*1-4-5(2)3;1-4(2)3/h3*6H,4-5H2,1-3H3;2*5H,4H2,1-3H3;4H,1-3H3. The van der Waals surface area contributed by atoms with Crippen molar-refractivity contribution in [2.24, 2.45) is 35.5 Å². The van der Waals surface area contributed by atoms with E-state index < -0.39 is 0 Å². The van der Waals surface area contributed by atoms with Gasteiger partial charge in [-0.3, -0.25) is 0 Å². The Morgan fingerprint density at radius 1 is 0.344 bits per heavy atom. The molecule has 32 heavy (non-hydrogen) atoms. The lowest BCUT2D eigenvalue weighted by Crippen LogP contribution is -1.85. The zero-order valence-electron chi connectivity index (χ0n) is 27.1. The average molecular weight is 461 g/mol. The first-order valence-corrected chi connectivity index (χ1v) is 14.6. The van der Waals surface area contributed by atoms with Gasteiger partial charge in [0.1, 0.15) is 0 Å². The van der Waals surface area contributed by atoms with E-state index in [0.717, 1.165) is 35.5 Å². The molecule has 0 aromatic rings. The van der Waals surface area contributed by atoms with Crippen LogP contribution in [0.2, 0.25) is 0 Å². The molecule has 0 nitrogen and oxygen atoms in total. The van der Waals surface area contributed by atoms with Crippen LogP contribution in [0.15, 0.2) is 0 Å². The Morgan fingerprint density at radius 2 is 0.531 bits per heavy atom. The van der Waals surface area contributed by atoms with Crippen LogP contribution in [0.5, 0.6) is 0 Å². The molecular formula is C32H76. The van der Waals surface area contributed by atoms with Crippen LogP contribution in [0.4, 0.5) is 0 Å². The normalized spacial score (nSPS) is 9.75. The predicted octanol–water partition coefficient (Wildman–Crippen LogP) is 13.1. The maximum Gasteiger partial charge on any atom is -0.0448 e. The Bertz CT molecular complexity index is 210. The van der Waals surface area contributed by atoms with Crippen molar-refractivity contribution in [1.82, 2.24) is 0 Å². The maximum absolute atomic E-state index is 2.28. The summed E-state index contributed by atoms with van der Waals surface area (Å²) in [6.07, 6.45) is 10.7. The third-order valence-electron chi connectivity index (χ3n) is 4.76. The molecule has 0 heteroatoms. The zero-order chi connectivity index (χ0) is 27.1. The highest BCUT2D eigenvalue weighted by Crippen LogP contribution is 2.03. The zero-order valence-corrected chi connectivity index (χ0v) is 27.1. The summed E-state index contributed by atoms with van der Waals surface area (Å²) < 4.78 is 0. The van der Waals surface area contributed by atoms with Gasteiger partial charge < -0.3 is 0 Å². The van der Waals surface area contributed by atoms with Crippen LogP contribution in [0.1, 0.15) is 176 Å². The smallest absolute Gasteiger partial charge is 0.0448 e. The molecule has 0 aromatic carbocycles. The van der Waals surface area contributed by atoms with Crippen molar-refractivity contribution in [2.75, 3.05) is 0 Å². The SMILES string of the molecule is CC(C)C.CCC(C)C.CCC(C)C.CCC(C)CC.CCCC(C)C.CCCC(C)C. The van der Waals surface area contributed by atoms with E-state index in [1.165, 1.54) is 51.4 Å². The quantitative estimate of drug-likeness (QED) is 0.337. The average Bonchev–Trinajstić information content (AvgIpc) is 2.68. The minimum atomic E-state index is 0.833. The summed E-state index contributed by atoms with van der Waals surface area (Å²) in [4.78, 5) is 0. The first-order valence-electron chi connectivity index (χ1n) is 14.6. The second-order valence-electron chi connectivity index (χ2n) is 11.6. The van der Waals surface area contributed by atoms with Crippen LogP contribution < -0.4 is 0 Å². The molecule has 0 N–H and O–H groups in total. The van der Waals surface area contributed by atoms with Gasteiger partial charge in [0, 0.05) is 0 Å². The lowest BCUT2D eigenvalue weighted by molar-refractivity contribution is 0.544. The summed E-state index contributed by atoms with van der Waals surface area (Å²) in [5, 5.41) is 0. The number of hydrogen-bond donors (Lipinski definition) is 0. The van der Waals surface area contributed by atoms with Gasteiger partial charge in [-0.25, -0.2) is 0 Å². The molecule has 0 aliphatic heterocycles. The third-order valence-corrected chi connectivity index (χ3v) is 4.76. The highest BCUT2D eigenvalue weighted by Gasteiger charge is 1.89. The largest absolute Gasteiger partial charge is 0.0654 e. The van der Waals surface area contributed by atoms with Crippen molar-refractivity contribution in [1.29, 1.82) is 0 Å². The fourth-order valence-corrected chi connectivity index (χ4v) is 1.44. The van der Waals surface area contributed by atoms with Gasteiger partial charge in [-0.05, 0) is 35.5 Å². The van der Waals surface area contributed by atoms with Crippen molar-refractivity contribution >= 4 is 0 Å². The van der Waals surface area contributed by atoms with Crippen molar-refractivity contribution in [3.63, 3.8) is 0 Å². The van der Waals surface area contributed by atoms with Gasteiger partial charge in [0.05, 0.1) is 0 Å². The topological polar surface area (TPSA) is 0 Å². The summed E-state index contributed by atoms with van der Waals surface area (Å²) >= 11 is 0. The molecule has 0 rings (SSSR count). The van der Waals surface area contributed by atoms with Gasteiger partial charge in [0.15, 0.2) is 0 Å². The molecule has 0 fully saturated rings. The van der Waals surface area contributed by atoms with Crippen LogP contribution in [-0.4, -0.2) is 0 Å². The first kappa shape index (κ1) is 45.5. The Balaban J connectivity index is -0.0000000637. The molecule has 0 aromatic heterocycles. The molecule has 0 saturated carbocycles. The minimum Gasteiger partial charge on any atom is -0.0654 e. The first-order chi connectivity index (χ1) is 14.6. The van der Waals surface area contributed by atoms with Gasteiger partial charge in [0.25, 0.3) is 0 Å². The molecule has 0 radical (unpaired) electrons. The Labute approximate surface area is 211 Å². The molecule has 0 aliphatic rings. The van der Waals surface area contributed by atoms with Crippen molar-refractivity contribution in [3.8, 4) is 0 Å². The van der Waals surface area contributed by atoms with Gasteiger partial charge >= 0.3 is 0 Å². The summed E-state index contributed by atoms with van der Waals surface area (Å²) in [5.74, 6) is 5.33. The molecule has 0 spiro atoms. The van der Waals surface area contributed by atoms with Crippen molar-refractivity contribution in [2.45, 2.75) is 176 Å². The predicted molar refractivity (Wildman–Crippen MR) is 160 cm³/mol. The molecule has 0 unspecified atom stereocenters. The Morgan fingerprint density at radius 3 is 0.531 bits per heavy atom. The summed E-state index contributed by atoms with van der Waals surface area (Å²) in [6.45, 7) is 40.0. The monoisotopic (exact) mass is 461 g/mol. The van der Waals surface area contributed by atoms with Crippen molar-refractivity contribution in [3.05, 3.63) is 0 Å². The van der Waals surface area contributed by atoms with E-state index in [1.807, 2.05) is 0 Å². The van der Waals surface area contributed by atoms with Crippen LogP contribution in [0.3, 0.4) is 0 Å². The minimum absolute atomic E-state index is 0.833. The lowest BCUT2D eigenvalue weighted by Gasteiger charge is -1.98. The molecule has 204 valence electrons. The van der Waals surface area contributed by atoms with E-state index in [4.69, 9.17) is 0 Å². The molecular weight excluding hydrogens is 384 g/mol. The summed E-state index contributed by atoms with van der Waals surface area (Å²) in [6, 6.07) is 0. The van der Waals surface area contributed by atoms with Crippen LogP contribution in [-0.2, 0) is 0 Å². The van der Waals surface area contributed by atoms with Gasteiger partial charge in [-0.15, -0.1) is 0 Å². The van der Waals surface area contributed by atoms with Crippen molar-refractivity contribution < 1.29 is 0 Å². The van der Waals surface area contributed by atoms with E-state index in [0.29, 0.717) is 0 Å². The maximum atomic E-state index is 2.28. The Hall–Kier alpha value is 0. The number of rotatable bonds is 8. The molecule has 0 bridgehead atoms. The molecule has 0 aliphatic carbocycles. The van der Waals surface area contributed by atoms with Crippen LogP contribution in [0.25, 0.3) is 0 Å². The van der Waals surface area contributed by atoms with E-state index in [9.17, 15) is 0 Å². The molecule has 0 saturated heterocycles. The molecule has 0 heterocycles.